The molecule has 0 aromatic heterocycles. The van der Waals surface area contributed by atoms with Gasteiger partial charge in [0.2, 0.25) is 0 Å². The van der Waals surface area contributed by atoms with Gasteiger partial charge in [-0.3, -0.25) is 0 Å². The molecule has 22 heavy (non-hydrogen) atoms. The van der Waals surface area contributed by atoms with Crippen LogP contribution in [0, 0.1) is 23.7 Å². The molecule has 2 heteroatoms. The van der Waals surface area contributed by atoms with Crippen LogP contribution in [-0.4, -0.2) is 20.5 Å². The van der Waals surface area contributed by atoms with Crippen molar-refractivity contribution in [2.75, 3.05) is 20.5 Å². The number of ether oxygens (including phenoxy) is 2. The van der Waals surface area contributed by atoms with Gasteiger partial charge in [-0.15, -0.1) is 0 Å². The number of hydrogen-bond acceptors (Lipinski definition) is 2. The van der Waals surface area contributed by atoms with Crippen LogP contribution in [0.5, 0.6) is 0 Å². The highest BCUT2D eigenvalue weighted by atomic mass is 16.7. The molecule has 0 aromatic carbocycles. The second kappa shape index (κ2) is 20.0. The number of rotatable bonds is 14. The maximum Gasteiger partial charge on any atom is 0.146 e. The molecular weight excluding hydrogens is 272 g/mol. The first kappa shape index (κ1) is 21.0. The van der Waals surface area contributed by atoms with Crippen LogP contribution in [0.25, 0.3) is 0 Å². The monoisotopic (exact) mass is 306 g/mol. The number of methoxy groups -OCH3 is 1. The van der Waals surface area contributed by atoms with Gasteiger partial charge in [-0.1, -0.05) is 63.7 Å². The van der Waals surface area contributed by atoms with Crippen LogP contribution in [0.15, 0.2) is 0 Å². The summed E-state index contributed by atoms with van der Waals surface area (Å²) in [6.07, 6.45) is 14.6. The molecule has 0 aromatic rings. The van der Waals surface area contributed by atoms with Gasteiger partial charge in [-0.2, -0.15) is 0 Å². The first-order valence-electron chi connectivity index (χ1n) is 8.94. The highest BCUT2D eigenvalue weighted by Crippen LogP contribution is 2.05. The van der Waals surface area contributed by atoms with Crippen molar-refractivity contribution >= 4 is 0 Å². The van der Waals surface area contributed by atoms with E-state index in [1.54, 1.807) is 7.11 Å². The Kier molecular flexibility index (Phi) is 19.2. The van der Waals surface area contributed by atoms with Gasteiger partial charge in [0.15, 0.2) is 0 Å². The van der Waals surface area contributed by atoms with Crippen LogP contribution in [0.4, 0.5) is 0 Å². The minimum Gasteiger partial charge on any atom is -0.359 e. The van der Waals surface area contributed by atoms with Crippen molar-refractivity contribution in [1.29, 1.82) is 0 Å². The maximum absolute atomic E-state index is 5.24. The SMILES string of the molecule is CCCCCCCC#CC#CCCCCCCCOCOC. The lowest BCUT2D eigenvalue weighted by Crippen LogP contribution is -1.98. The van der Waals surface area contributed by atoms with Crippen LogP contribution in [-0.2, 0) is 9.47 Å². The Morgan fingerprint density at radius 3 is 1.82 bits per heavy atom. The van der Waals surface area contributed by atoms with Gasteiger partial charge in [0.25, 0.3) is 0 Å². The van der Waals surface area contributed by atoms with E-state index in [-0.39, 0.29) is 0 Å². The minimum atomic E-state index is 0.412. The summed E-state index contributed by atoms with van der Waals surface area (Å²) in [5.74, 6) is 12.2. The van der Waals surface area contributed by atoms with Crippen molar-refractivity contribution in [3.8, 4) is 23.7 Å². The Balaban J connectivity index is 3.22. The Morgan fingerprint density at radius 1 is 0.682 bits per heavy atom. The lowest BCUT2D eigenvalue weighted by atomic mass is 10.1. The van der Waals surface area contributed by atoms with Gasteiger partial charge < -0.3 is 9.47 Å². The topological polar surface area (TPSA) is 18.5 Å². The number of hydrogen-bond donors (Lipinski definition) is 0. The Bertz CT molecular complexity index is 327. The van der Waals surface area contributed by atoms with Gasteiger partial charge in [0, 0.05) is 26.6 Å². The van der Waals surface area contributed by atoms with Gasteiger partial charge in [-0.25, -0.2) is 0 Å². The second-order valence-corrected chi connectivity index (χ2v) is 5.60. The van der Waals surface area contributed by atoms with Gasteiger partial charge in [0.1, 0.15) is 6.79 Å². The van der Waals surface area contributed by atoms with Crippen molar-refractivity contribution in [1.82, 2.24) is 0 Å². The first-order valence-corrected chi connectivity index (χ1v) is 8.94. The van der Waals surface area contributed by atoms with Crippen LogP contribution in [0.2, 0.25) is 0 Å². The fourth-order valence-electron chi connectivity index (χ4n) is 2.12. The Labute approximate surface area is 138 Å². The van der Waals surface area contributed by atoms with Crippen molar-refractivity contribution in [3.05, 3.63) is 0 Å². The third-order valence-electron chi connectivity index (χ3n) is 3.44. The predicted molar refractivity (Wildman–Crippen MR) is 94.5 cm³/mol. The van der Waals surface area contributed by atoms with Crippen LogP contribution < -0.4 is 0 Å². The van der Waals surface area contributed by atoms with Crippen molar-refractivity contribution in [3.63, 3.8) is 0 Å². The van der Waals surface area contributed by atoms with Crippen molar-refractivity contribution < 1.29 is 9.47 Å². The molecule has 0 amide bonds. The smallest absolute Gasteiger partial charge is 0.146 e. The van der Waals surface area contributed by atoms with Crippen LogP contribution in [0.1, 0.15) is 84.0 Å². The average Bonchev–Trinajstić information content (AvgIpc) is 2.54. The Morgan fingerprint density at radius 2 is 1.23 bits per heavy atom. The van der Waals surface area contributed by atoms with Crippen molar-refractivity contribution in [2.45, 2.75) is 84.0 Å². The summed E-state index contributed by atoms with van der Waals surface area (Å²) in [4.78, 5) is 0. The van der Waals surface area contributed by atoms with E-state index < -0.39 is 0 Å². The summed E-state index contributed by atoms with van der Waals surface area (Å²) in [5, 5.41) is 0. The van der Waals surface area contributed by atoms with Gasteiger partial charge in [-0.05, 0) is 31.1 Å². The molecule has 0 rings (SSSR count). The lowest BCUT2D eigenvalue weighted by Gasteiger charge is -2.02. The van der Waals surface area contributed by atoms with E-state index in [0.717, 1.165) is 25.9 Å². The molecule has 0 saturated carbocycles. The quantitative estimate of drug-likeness (QED) is 0.246. The average molecular weight is 306 g/mol. The molecule has 0 unspecified atom stereocenters. The fraction of sp³-hybridized carbons (Fsp3) is 0.800. The van der Waals surface area contributed by atoms with Crippen LogP contribution >= 0.6 is 0 Å². The zero-order valence-corrected chi connectivity index (χ0v) is 14.7. The van der Waals surface area contributed by atoms with E-state index in [4.69, 9.17) is 9.47 Å². The van der Waals surface area contributed by atoms with E-state index in [9.17, 15) is 0 Å². The zero-order chi connectivity index (χ0) is 16.1. The summed E-state index contributed by atoms with van der Waals surface area (Å²) < 4.78 is 10.1. The normalized spacial score (nSPS) is 9.73. The highest BCUT2D eigenvalue weighted by Gasteiger charge is 1.90. The van der Waals surface area contributed by atoms with E-state index in [2.05, 4.69) is 30.6 Å². The predicted octanol–water partition coefficient (Wildman–Crippen LogP) is 5.31. The molecular formula is C20H34O2. The third kappa shape index (κ3) is 19.0. The highest BCUT2D eigenvalue weighted by molar-refractivity contribution is 5.25. The van der Waals surface area contributed by atoms with E-state index in [1.165, 1.54) is 57.8 Å². The molecule has 0 aliphatic rings. The first-order chi connectivity index (χ1) is 10.9. The lowest BCUT2D eigenvalue weighted by molar-refractivity contribution is -0.0315. The molecule has 0 fully saturated rings. The number of unbranched alkanes of at least 4 members (excludes halogenated alkanes) is 10. The van der Waals surface area contributed by atoms with Crippen molar-refractivity contribution in [2.24, 2.45) is 0 Å². The largest absolute Gasteiger partial charge is 0.359 e. The van der Waals surface area contributed by atoms with E-state index >= 15 is 0 Å². The Hall–Kier alpha value is -0.960. The van der Waals surface area contributed by atoms with Gasteiger partial charge >= 0.3 is 0 Å². The van der Waals surface area contributed by atoms with Crippen LogP contribution in [0.3, 0.4) is 0 Å². The molecule has 0 aliphatic heterocycles. The molecule has 0 N–H and O–H groups in total. The standard InChI is InChI=1S/C20H34O2/c1-3-4-5-6-7-8-9-10-11-12-13-14-15-16-17-18-19-22-20-21-2/h3-8,13-20H2,1-2H3. The molecule has 0 heterocycles. The molecule has 0 spiro atoms. The van der Waals surface area contributed by atoms with E-state index in [0.29, 0.717) is 6.79 Å². The molecule has 0 bridgehead atoms. The third-order valence-corrected chi connectivity index (χ3v) is 3.44. The summed E-state index contributed by atoms with van der Waals surface area (Å²) in [7, 11) is 1.65. The minimum absolute atomic E-state index is 0.412. The molecule has 126 valence electrons. The summed E-state index contributed by atoms with van der Waals surface area (Å²) in [6, 6.07) is 0. The maximum atomic E-state index is 5.24. The molecule has 0 saturated heterocycles. The fourth-order valence-corrected chi connectivity index (χ4v) is 2.12. The van der Waals surface area contributed by atoms with E-state index in [1.807, 2.05) is 0 Å². The molecule has 2 nitrogen and oxygen atoms in total. The molecule has 0 aliphatic carbocycles. The summed E-state index contributed by atoms with van der Waals surface area (Å²) >= 11 is 0. The zero-order valence-electron chi connectivity index (χ0n) is 14.7. The molecule has 0 atom stereocenters. The summed E-state index contributed by atoms with van der Waals surface area (Å²) in [5.41, 5.74) is 0. The molecule has 0 radical (unpaired) electrons. The summed E-state index contributed by atoms with van der Waals surface area (Å²) in [6.45, 7) is 3.46. The second-order valence-electron chi connectivity index (χ2n) is 5.60. The van der Waals surface area contributed by atoms with Gasteiger partial charge in [0.05, 0.1) is 0 Å².